The molecule has 0 heterocycles. The number of rotatable bonds is 6. The molecule has 0 fully saturated rings. The van der Waals surface area contributed by atoms with E-state index in [0.717, 1.165) is 0 Å². The standard InChI is InChI=1S/C17H20N2O4S/c1-12(2)11-23-15-7-3-13(4-8-15)17(20)19-14-5-9-16(10-6-14)24(18,21)22/h3-10,12H,11H2,1-2H3,(H,19,20)(H2,18,21,22). The summed E-state index contributed by atoms with van der Waals surface area (Å²) in [7, 11) is -3.74. The molecule has 0 saturated heterocycles. The van der Waals surface area contributed by atoms with E-state index >= 15 is 0 Å². The van der Waals surface area contributed by atoms with Gasteiger partial charge in [0.25, 0.3) is 5.91 Å². The molecule has 6 nitrogen and oxygen atoms in total. The van der Waals surface area contributed by atoms with Crippen LogP contribution >= 0.6 is 0 Å². The Morgan fingerprint density at radius 2 is 1.67 bits per heavy atom. The van der Waals surface area contributed by atoms with Crippen LogP contribution in [0.5, 0.6) is 5.75 Å². The number of amides is 1. The summed E-state index contributed by atoms with van der Waals surface area (Å²) in [6.07, 6.45) is 0. The summed E-state index contributed by atoms with van der Waals surface area (Å²) in [6, 6.07) is 12.5. The minimum Gasteiger partial charge on any atom is -0.493 e. The van der Waals surface area contributed by atoms with Crippen LogP contribution in [0.25, 0.3) is 0 Å². The lowest BCUT2D eigenvalue weighted by Gasteiger charge is -2.09. The van der Waals surface area contributed by atoms with Crippen molar-refractivity contribution in [1.29, 1.82) is 0 Å². The van der Waals surface area contributed by atoms with Gasteiger partial charge in [-0.15, -0.1) is 0 Å². The molecule has 0 aliphatic carbocycles. The van der Waals surface area contributed by atoms with E-state index in [1.165, 1.54) is 24.3 Å². The third-order valence-electron chi connectivity index (χ3n) is 3.14. The first-order chi connectivity index (χ1) is 11.3. The molecule has 128 valence electrons. The van der Waals surface area contributed by atoms with Crippen molar-refractivity contribution in [3.05, 3.63) is 54.1 Å². The van der Waals surface area contributed by atoms with E-state index in [-0.39, 0.29) is 10.8 Å². The first-order valence-electron chi connectivity index (χ1n) is 7.43. The van der Waals surface area contributed by atoms with Crippen molar-refractivity contribution < 1.29 is 17.9 Å². The first-order valence-corrected chi connectivity index (χ1v) is 8.97. The summed E-state index contributed by atoms with van der Waals surface area (Å²) in [5.74, 6) is 0.833. The molecule has 0 aliphatic rings. The monoisotopic (exact) mass is 348 g/mol. The van der Waals surface area contributed by atoms with Crippen LogP contribution in [-0.4, -0.2) is 20.9 Å². The third-order valence-corrected chi connectivity index (χ3v) is 4.07. The smallest absolute Gasteiger partial charge is 0.255 e. The van der Waals surface area contributed by atoms with E-state index in [9.17, 15) is 13.2 Å². The molecule has 1 amide bonds. The minimum absolute atomic E-state index is 0.00727. The van der Waals surface area contributed by atoms with Crippen LogP contribution < -0.4 is 15.2 Å². The van der Waals surface area contributed by atoms with Gasteiger partial charge in [-0.3, -0.25) is 4.79 Å². The number of hydrogen-bond acceptors (Lipinski definition) is 4. The van der Waals surface area contributed by atoms with E-state index in [1.54, 1.807) is 24.3 Å². The molecule has 24 heavy (non-hydrogen) atoms. The number of carbonyl (C=O) groups excluding carboxylic acids is 1. The van der Waals surface area contributed by atoms with E-state index in [0.29, 0.717) is 29.5 Å². The number of carbonyl (C=O) groups is 1. The van der Waals surface area contributed by atoms with Crippen LogP contribution in [0.1, 0.15) is 24.2 Å². The number of anilines is 1. The van der Waals surface area contributed by atoms with E-state index < -0.39 is 10.0 Å². The Kier molecular flexibility index (Phi) is 5.58. The highest BCUT2D eigenvalue weighted by atomic mass is 32.2. The molecule has 3 N–H and O–H groups in total. The highest BCUT2D eigenvalue weighted by Crippen LogP contribution is 2.16. The maximum absolute atomic E-state index is 12.2. The van der Waals surface area contributed by atoms with Crippen molar-refractivity contribution >= 4 is 21.6 Å². The van der Waals surface area contributed by atoms with Crippen LogP contribution in [0, 0.1) is 5.92 Å². The fourth-order valence-electron chi connectivity index (χ4n) is 1.90. The minimum atomic E-state index is -3.74. The van der Waals surface area contributed by atoms with Gasteiger partial charge in [0.1, 0.15) is 5.75 Å². The van der Waals surface area contributed by atoms with Gasteiger partial charge in [0.2, 0.25) is 10.0 Å². The summed E-state index contributed by atoms with van der Waals surface area (Å²) in [5, 5.41) is 7.72. The van der Waals surface area contributed by atoms with Gasteiger partial charge in [-0.05, 0) is 54.4 Å². The zero-order valence-electron chi connectivity index (χ0n) is 13.5. The fraction of sp³-hybridized carbons (Fsp3) is 0.235. The molecule has 2 aromatic rings. The predicted octanol–water partition coefficient (Wildman–Crippen LogP) is 2.62. The van der Waals surface area contributed by atoms with Gasteiger partial charge >= 0.3 is 0 Å². The number of benzene rings is 2. The van der Waals surface area contributed by atoms with Crippen molar-refractivity contribution in [1.82, 2.24) is 0 Å². The summed E-state index contributed by atoms with van der Waals surface area (Å²) in [4.78, 5) is 12.2. The average Bonchev–Trinajstić information content (AvgIpc) is 2.53. The number of ether oxygens (including phenoxy) is 1. The second-order valence-corrected chi connectivity index (χ2v) is 7.31. The molecule has 0 aromatic heterocycles. The van der Waals surface area contributed by atoms with Crippen LogP contribution in [0.2, 0.25) is 0 Å². The number of nitrogens with two attached hydrogens (primary N) is 1. The van der Waals surface area contributed by atoms with Crippen molar-refractivity contribution in [2.24, 2.45) is 11.1 Å². The molecule has 0 aliphatic heterocycles. The van der Waals surface area contributed by atoms with Gasteiger partial charge in [0, 0.05) is 11.3 Å². The number of hydrogen-bond donors (Lipinski definition) is 2. The Morgan fingerprint density at radius 3 is 2.17 bits per heavy atom. The Labute approximate surface area is 141 Å². The molecule has 0 saturated carbocycles. The zero-order valence-corrected chi connectivity index (χ0v) is 14.3. The lowest BCUT2D eigenvalue weighted by molar-refractivity contribution is 0.102. The Balaban J connectivity index is 2.01. The molecule has 7 heteroatoms. The largest absolute Gasteiger partial charge is 0.493 e. The van der Waals surface area contributed by atoms with E-state index in [4.69, 9.17) is 9.88 Å². The molecule has 0 unspecified atom stereocenters. The third kappa shape index (κ3) is 5.07. The Hall–Kier alpha value is -2.38. The second kappa shape index (κ2) is 7.46. The molecular formula is C17H20N2O4S. The molecule has 0 atom stereocenters. The quantitative estimate of drug-likeness (QED) is 0.838. The van der Waals surface area contributed by atoms with Crippen LogP contribution in [-0.2, 0) is 10.0 Å². The Morgan fingerprint density at radius 1 is 1.08 bits per heavy atom. The highest BCUT2D eigenvalue weighted by molar-refractivity contribution is 7.89. The van der Waals surface area contributed by atoms with Gasteiger partial charge in [-0.1, -0.05) is 13.8 Å². The first kappa shape index (κ1) is 18.0. The number of primary sulfonamides is 1. The summed E-state index contributed by atoms with van der Waals surface area (Å²) < 4.78 is 28.0. The van der Waals surface area contributed by atoms with Gasteiger partial charge < -0.3 is 10.1 Å². The molecule has 0 spiro atoms. The highest BCUT2D eigenvalue weighted by Gasteiger charge is 2.09. The maximum atomic E-state index is 12.2. The van der Waals surface area contributed by atoms with E-state index in [2.05, 4.69) is 19.2 Å². The van der Waals surface area contributed by atoms with Crippen molar-refractivity contribution in [2.45, 2.75) is 18.7 Å². The maximum Gasteiger partial charge on any atom is 0.255 e. The van der Waals surface area contributed by atoms with Gasteiger partial charge in [0.05, 0.1) is 11.5 Å². The predicted molar refractivity (Wildman–Crippen MR) is 92.5 cm³/mol. The number of sulfonamides is 1. The van der Waals surface area contributed by atoms with Crippen LogP contribution in [0.15, 0.2) is 53.4 Å². The molecule has 0 radical (unpaired) electrons. The second-order valence-electron chi connectivity index (χ2n) is 5.75. The summed E-state index contributed by atoms with van der Waals surface area (Å²) in [6.45, 7) is 4.73. The van der Waals surface area contributed by atoms with Crippen molar-refractivity contribution in [2.75, 3.05) is 11.9 Å². The van der Waals surface area contributed by atoms with Crippen LogP contribution in [0.4, 0.5) is 5.69 Å². The molecule has 2 aromatic carbocycles. The SMILES string of the molecule is CC(C)COc1ccc(C(=O)Nc2ccc(S(N)(=O)=O)cc2)cc1. The van der Waals surface area contributed by atoms with Crippen molar-refractivity contribution in [3.63, 3.8) is 0 Å². The van der Waals surface area contributed by atoms with Crippen molar-refractivity contribution in [3.8, 4) is 5.75 Å². The van der Waals surface area contributed by atoms with Gasteiger partial charge in [-0.25, -0.2) is 13.6 Å². The Bertz CT molecular complexity index is 797. The number of nitrogens with one attached hydrogen (secondary N) is 1. The topological polar surface area (TPSA) is 98.5 Å². The molecule has 2 rings (SSSR count). The van der Waals surface area contributed by atoms with Gasteiger partial charge in [-0.2, -0.15) is 0 Å². The van der Waals surface area contributed by atoms with E-state index in [1.807, 2.05) is 0 Å². The summed E-state index contributed by atoms with van der Waals surface area (Å²) >= 11 is 0. The van der Waals surface area contributed by atoms with Gasteiger partial charge in [0.15, 0.2) is 0 Å². The summed E-state index contributed by atoms with van der Waals surface area (Å²) in [5.41, 5.74) is 0.954. The normalized spacial score (nSPS) is 11.3. The average molecular weight is 348 g/mol. The molecular weight excluding hydrogens is 328 g/mol. The fourth-order valence-corrected chi connectivity index (χ4v) is 2.41. The lowest BCUT2D eigenvalue weighted by atomic mass is 10.2. The van der Waals surface area contributed by atoms with Crippen LogP contribution in [0.3, 0.4) is 0 Å². The molecule has 0 bridgehead atoms. The zero-order chi connectivity index (χ0) is 17.7. The lowest BCUT2D eigenvalue weighted by Crippen LogP contribution is -2.14.